The van der Waals surface area contributed by atoms with E-state index in [0.717, 1.165) is 35.6 Å². The Bertz CT molecular complexity index is 1080. The fourth-order valence-electron chi connectivity index (χ4n) is 4.13. The summed E-state index contributed by atoms with van der Waals surface area (Å²) in [5, 5.41) is 8.51. The molecule has 140 valence electrons. The predicted octanol–water partition coefficient (Wildman–Crippen LogP) is 5.95. The molecule has 0 saturated heterocycles. The second kappa shape index (κ2) is 7.16. The molecule has 2 aliphatic rings. The Morgan fingerprint density at radius 1 is 0.893 bits per heavy atom. The van der Waals surface area contributed by atoms with Crippen molar-refractivity contribution in [3.63, 3.8) is 0 Å². The fraction of sp³-hybridized carbons (Fsp3) is 0.174. The molecule has 2 N–H and O–H groups in total. The summed E-state index contributed by atoms with van der Waals surface area (Å²) < 4.78 is 0. The molecule has 0 amide bonds. The third-order valence-electron chi connectivity index (χ3n) is 5.47. The molecule has 3 aromatic rings. The molecule has 1 aliphatic heterocycles. The number of nitrogens with one attached hydrogen (secondary N) is 2. The molecule has 5 rings (SSSR count). The van der Waals surface area contributed by atoms with Gasteiger partial charge in [-0.3, -0.25) is 0 Å². The van der Waals surface area contributed by atoms with Crippen LogP contribution < -0.4 is 10.6 Å². The summed E-state index contributed by atoms with van der Waals surface area (Å²) in [7, 11) is 0. The lowest BCUT2D eigenvalue weighted by molar-refractivity contribution is 0.607. The van der Waals surface area contributed by atoms with Gasteiger partial charge >= 0.3 is 0 Å². The van der Waals surface area contributed by atoms with E-state index in [1.165, 1.54) is 11.1 Å². The molecule has 0 saturated carbocycles. The number of nitrogens with zero attached hydrogens (tertiary/aromatic N) is 1. The van der Waals surface area contributed by atoms with Crippen LogP contribution in [0.3, 0.4) is 0 Å². The highest BCUT2D eigenvalue weighted by Gasteiger charge is 2.28. The van der Waals surface area contributed by atoms with Crippen LogP contribution in [0.25, 0.3) is 0 Å². The van der Waals surface area contributed by atoms with E-state index < -0.39 is 0 Å². The van der Waals surface area contributed by atoms with E-state index >= 15 is 0 Å². The summed E-state index contributed by atoms with van der Waals surface area (Å²) in [5.41, 5.74) is 5.73. The van der Waals surface area contributed by atoms with Gasteiger partial charge < -0.3 is 10.6 Å². The summed E-state index contributed by atoms with van der Waals surface area (Å²) in [4.78, 5) is 4.83. The third-order valence-corrected chi connectivity index (χ3v) is 6.05. The number of benzene rings is 3. The van der Waals surface area contributed by atoms with Crippen molar-refractivity contribution in [2.24, 2.45) is 4.99 Å². The summed E-state index contributed by atoms with van der Waals surface area (Å²) in [5.74, 6) is 0.765. The van der Waals surface area contributed by atoms with Crippen molar-refractivity contribution < 1.29 is 0 Å². The van der Waals surface area contributed by atoms with Crippen molar-refractivity contribution in [2.45, 2.75) is 24.9 Å². The first-order chi connectivity index (χ1) is 13.7. The number of para-hydroxylation sites is 1. The number of guanidine groups is 1. The van der Waals surface area contributed by atoms with Gasteiger partial charge in [0, 0.05) is 15.6 Å². The van der Waals surface area contributed by atoms with Gasteiger partial charge in [0.15, 0.2) is 5.96 Å². The maximum atomic E-state index is 6.52. The van der Waals surface area contributed by atoms with E-state index in [2.05, 4.69) is 41.0 Å². The number of hydrogen-bond donors (Lipinski definition) is 2. The molecule has 0 spiro atoms. The van der Waals surface area contributed by atoms with E-state index in [1.54, 1.807) is 0 Å². The lowest BCUT2D eigenvalue weighted by atomic mass is 9.96. The first-order valence-electron chi connectivity index (χ1n) is 9.42. The fourth-order valence-corrected chi connectivity index (χ4v) is 4.54. The van der Waals surface area contributed by atoms with Crippen LogP contribution in [0.1, 0.15) is 40.8 Å². The van der Waals surface area contributed by atoms with Crippen LogP contribution in [0.2, 0.25) is 10.0 Å². The third kappa shape index (κ3) is 3.15. The second-order valence-corrected chi connectivity index (χ2v) is 8.04. The first-order valence-corrected chi connectivity index (χ1v) is 10.2. The quantitative estimate of drug-likeness (QED) is 0.550. The lowest BCUT2D eigenvalue weighted by Gasteiger charge is -2.30. The van der Waals surface area contributed by atoms with Crippen LogP contribution in [-0.2, 0) is 6.42 Å². The maximum absolute atomic E-state index is 6.52. The van der Waals surface area contributed by atoms with Gasteiger partial charge in [-0.1, -0.05) is 65.7 Å². The van der Waals surface area contributed by atoms with Crippen molar-refractivity contribution in [3.8, 4) is 0 Å². The van der Waals surface area contributed by atoms with Crippen molar-refractivity contribution >= 4 is 34.8 Å². The molecule has 28 heavy (non-hydrogen) atoms. The summed E-state index contributed by atoms with van der Waals surface area (Å²) in [6.07, 6.45) is 2.14. The molecular weight excluding hydrogens is 389 g/mol. The zero-order valence-electron chi connectivity index (χ0n) is 15.1. The zero-order chi connectivity index (χ0) is 19.1. The average Bonchev–Trinajstić information content (AvgIpc) is 3.12. The van der Waals surface area contributed by atoms with E-state index in [9.17, 15) is 0 Å². The van der Waals surface area contributed by atoms with Gasteiger partial charge in [-0.15, -0.1) is 0 Å². The summed E-state index contributed by atoms with van der Waals surface area (Å²) in [6.45, 7) is 0. The molecule has 1 unspecified atom stereocenters. The number of aryl methyl sites for hydroxylation is 1. The largest absolute Gasteiger partial charge is 0.349 e. The van der Waals surface area contributed by atoms with E-state index in [1.807, 2.05) is 36.4 Å². The van der Waals surface area contributed by atoms with E-state index in [0.29, 0.717) is 10.0 Å². The Labute approximate surface area is 174 Å². The first kappa shape index (κ1) is 17.6. The normalized spacial score (nSPS) is 20.0. The molecular formula is C23H19Cl2N3. The minimum atomic E-state index is -0.112. The van der Waals surface area contributed by atoms with Gasteiger partial charge in [-0.05, 0) is 53.8 Å². The number of rotatable bonds is 2. The van der Waals surface area contributed by atoms with Gasteiger partial charge in [0.2, 0.25) is 0 Å². The topological polar surface area (TPSA) is 36.4 Å². The second-order valence-electron chi connectivity index (χ2n) is 7.20. The van der Waals surface area contributed by atoms with Crippen molar-refractivity contribution in [2.75, 3.05) is 0 Å². The zero-order valence-corrected chi connectivity index (χ0v) is 16.6. The number of aliphatic imine (C=N–C) groups is 1. The van der Waals surface area contributed by atoms with Crippen molar-refractivity contribution in [1.82, 2.24) is 10.6 Å². The smallest absolute Gasteiger partial charge is 0.197 e. The highest BCUT2D eigenvalue weighted by atomic mass is 35.5. The molecule has 5 heteroatoms. The van der Waals surface area contributed by atoms with Gasteiger partial charge in [0.05, 0.1) is 17.8 Å². The average molecular weight is 408 g/mol. The predicted molar refractivity (Wildman–Crippen MR) is 116 cm³/mol. The molecule has 3 nitrogen and oxygen atoms in total. The van der Waals surface area contributed by atoms with Gasteiger partial charge in [-0.25, -0.2) is 4.99 Å². The van der Waals surface area contributed by atoms with Gasteiger partial charge in [-0.2, -0.15) is 0 Å². The SMILES string of the molecule is Clc1ccc(Cl)c(C2NC(N[C@@H]3CCc4ccccc43)=Nc3ccccc32)c1. The molecule has 0 bridgehead atoms. The number of hydrogen-bond acceptors (Lipinski definition) is 3. The summed E-state index contributed by atoms with van der Waals surface area (Å²) in [6, 6.07) is 22.5. The highest BCUT2D eigenvalue weighted by Crippen LogP contribution is 2.38. The number of fused-ring (bicyclic) bond motifs is 2. The molecule has 3 aromatic carbocycles. The Kier molecular flexibility index (Phi) is 4.50. The van der Waals surface area contributed by atoms with Crippen LogP contribution in [-0.4, -0.2) is 5.96 Å². The molecule has 0 radical (unpaired) electrons. The Hall–Kier alpha value is -2.49. The van der Waals surface area contributed by atoms with Crippen LogP contribution in [0.4, 0.5) is 5.69 Å². The Balaban J connectivity index is 1.51. The molecule has 1 aliphatic carbocycles. The standard InChI is InChI=1S/C23H19Cl2N3/c24-15-10-11-19(25)18(13-15)22-17-7-3-4-8-20(17)26-23(28-22)27-21-12-9-14-5-1-2-6-16(14)21/h1-8,10-11,13,21-22H,9,12H2,(H2,26,27,28)/t21-,22?/m1/s1. The van der Waals surface area contributed by atoms with E-state index in [4.69, 9.17) is 28.2 Å². The van der Waals surface area contributed by atoms with Crippen LogP contribution >= 0.6 is 23.2 Å². The van der Waals surface area contributed by atoms with Gasteiger partial charge in [0.25, 0.3) is 0 Å². The molecule has 0 aromatic heterocycles. The van der Waals surface area contributed by atoms with Gasteiger partial charge in [0.1, 0.15) is 0 Å². The lowest BCUT2D eigenvalue weighted by Crippen LogP contribution is -2.43. The maximum Gasteiger partial charge on any atom is 0.197 e. The Morgan fingerprint density at radius 2 is 1.68 bits per heavy atom. The van der Waals surface area contributed by atoms with Crippen LogP contribution in [0.15, 0.2) is 71.7 Å². The molecule has 1 heterocycles. The van der Waals surface area contributed by atoms with E-state index in [-0.39, 0.29) is 12.1 Å². The van der Waals surface area contributed by atoms with Crippen molar-refractivity contribution in [3.05, 3.63) is 99.0 Å². The number of halogens is 2. The monoisotopic (exact) mass is 407 g/mol. The summed E-state index contributed by atoms with van der Waals surface area (Å²) >= 11 is 12.8. The Morgan fingerprint density at radius 3 is 2.57 bits per heavy atom. The highest BCUT2D eigenvalue weighted by molar-refractivity contribution is 6.33. The molecule has 2 atom stereocenters. The van der Waals surface area contributed by atoms with Crippen LogP contribution in [0, 0.1) is 0 Å². The van der Waals surface area contributed by atoms with Crippen LogP contribution in [0.5, 0.6) is 0 Å². The minimum Gasteiger partial charge on any atom is -0.349 e. The van der Waals surface area contributed by atoms with Crippen molar-refractivity contribution in [1.29, 1.82) is 0 Å². The minimum absolute atomic E-state index is 0.112. The molecule has 0 fully saturated rings.